The molecule has 0 aliphatic heterocycles. The summed E-state index contributed by atoms with van der Waals surface area (Å²) in [5.41, 5.74) is 0.368. The summed E-state index contributed by atoms with van der Waals surface area (Å²) in [6.45, 7) is 6.45. The first-order valence-corrected chi connectivity index (χ1v) is 8.63. The summed E-state index contributed by atoms with van der Waals surface area (Å²) in [6, 6.07) is 3.49. The van der Waals surface area contributed by atoms with Gasteiger partial charge in [-0.1, -0.05) is 20.8 Å². The molecule has 2 unspecified atom stereocenters. The molecule has 0 saturated heterocycles. The lowest BCUT2D eigenvalue weighted by Gasteiger charge is -2.27. The number of Topliss-reactive ketones (excluding diaryl/α,β-unsaturated/α-hetero) is 1. The fourth-order valence-corrected chi connectivity index (χ4v) is 3.13. The van der Waals surface area contributed by atoms with E-state index < -0.39 is 0 Å². The van der Waals surface area contributed by atoms with Crippen LogP contribution in [0.4, 0.5) is 0 Å². The minimum atomic E-state index is -0.0911. The van der Waals surface area contributed by atoms with Gasteiger partial charge in [-0.25, -0.2) is 0 Å². The molecule has 5 heteroatoms. The maximum atomic E-state index is 12.9. The molecule has 0 aliphatic rings. The summed E-state index contributed by atoms with van der Waals surface area (Å²) < 4.78 is 16.1. The Morgan fingerprint density at radius 2 is 1.70 bits per heavy atom. The summed E-state index contributed by atoms with van der Waals surface area (Å²) >= 11 is 0. The number of carbonyl (C=O) groups is 1. The molecule has 0 aromatic heterocycles. The van der Waals surface area contributed by atoms with E-state index in [9.17, 15) is 4.79 Å². The third kappa shape index (κ3) is 5.10. The first-order valence-electron chi connectivity index (χ1n) is 7.81. The number of carbonyl (C=O) groups excluding carboxylic acids is 1. The Balaban J connectivity index is 3.16. The quantitative estimate of drug-likeness (QED) is 0.499. The molecular weight excluding hydrogens is 311 g/mol. The van der Waals surface area contributed by atoms with Gasteiger partial charge in [0.2, 0.25) is 0 Å². The molecule has 0 N–H and O–H groups in total. The van der Waals surface area contributed by atoms with Crippen molar-refractivity contribution in [3.63, 3.8) is 0 Å². The van der Waals surface area contributed by atoms with Crippen molar-refractivity contribution in [2.75, 3.05) is 27.5 Å². The number of ether oxygens (including phenoxy) is 3. The van der Waals surface area contributed by atoms with E-state index in [0.29, 0.717) is 35.2 Å². The average Bonchev–Trinajstić information content (AvgIpc) is 2.51. The van der Waals surface area contributed by atoms with Crippen LogP contribution >= 0.6 is 9.24 Å². The molecule has 0 heterocycles. The molecule has 1 rings (SSSR count). The summed E-state index contributed by atoms with van der Waals surface area (Å²) in [5, 5.41) is 0. The van der Waals surface area contributed by atoms with Gasteiger partial charge in [0.05, 0.1) is 21.3 Å². The minimum Gasteiger partial charge on any atom is -0.496 e. The van der Waals surface area contributed by atoms with E-state index in [0.717, 1.165) is 12.6 Å². The van der Waals surface area contributed by atoms with Crippen LogP contribution in [0, 0.1) is 11.3 Å². The maximum absolute atomic E-state index is 12.9. The highest BCUT2D eigenvalue weighted by Gasteiger charge is 2.29. The predicted molar refractivity (Wildman–Crippen MR) is 97.2 cm³/mol. The van der Waals surface area contributed by atoms with E-state index in [1.54, 1.807) is 26.4 Å². The van der Waals surface area contributed by atoms with Crippen LogP contribution in [0.15, 0.2) is 12.1 Å². The maximum Gasteiger partial charge on any atom is 0.175 e. The largest absolute Gasteiger partial charge is 0.496 e. The van der Waals surface area contributed by atoms with Crippen molar-refractivity contribution < 1.29 is 19.0 Å². The molecule has 0 amide bonds. The lowest BCUT2D eigenvalue weighted by Crippen LogP contribution is -2.21. The Bertz CT molecular complexity index is 540. The van der Waals surface area contributed by atoms with Crippen molar-refractivity contribution >= 4 is 15.0 Å². The van der Waals surface area contributed by atoms with Gasteiger partial charge >= 0.3 is 0 Å². The fourth-order valence-electron chi connectivity index (χ4n) is 2.96. The molecule has 0 spiro atoms. The van der Waals surface area contributed by atoms with Crippen molar-refractivity contribution in [3.8, 4) is 17.2 Å². The second-order valence-corrected chi connectivity index (χ2v) is 7.16. The van der Waals surface area contributed by atoms with Crippen LogP contribution in [-0.2, 0) is 0 Å². The van der Waals surface area contributed by atoms with Gasteiger partial charge in [0.25, 0.3) is 0 Å². The molecule has 0 aliphatic carbocycles. The van der Waals surface area contributed by atoms with Gasteiger partial charge in [0, 0.05) is 6.42 Å². The zero-order valence-corrected chi connectivity index (χ0v) is 16.2. The van der Waals surface area contributed by atoms with Gasteiger partial charge in [-0.3, -0.25) is 4.79 Å². The molecule has 1 aromatic rings. The fraction of sp³-hybridized carbons (Fsp3) is 0.611. The van der Waals surface area contributed by atoms with Crippen LogP contribution in [0.2, 0.25) is 0 Å². The minimum absolute atomic E-state index is 0.0126. The number of hydrogen-bond donors (Lipinski definition) is 0. The Labute approximate surface area is 142 Å². The topological polar surface area (TPSA) is 44.8 Å². The second-order valence-electron chi connectivity index (χ2n) is 6.69. The summed E-state index contributed by atoms with van der Waals surface area (Å²) in [6.07, 6.45) is 2.45. The lowest BCUT2D eigenvalue weighted by molar-refractivity contribution is 0.0911. The molecule has 4 nitrogen and oxygen atoms in total. The zero-order valence-electron chi connectivity index (χ0n) is 15.1. The standard InChI is InChI=1S/C18H29O4P/c1-12(11-23)9-18(2,3)10-13(19)16-14(20-4)7-8-15(21-5)17(16)22-6/h7-8,12H,9-11,23H2,1-6H3. The summed E-state index contributed by atoms with van der Waals surface area (Å²) in [4.78, 5) is 12.9. The van der Waals surface area contributed by atoms with Crippen LogP contribution in [0.3, 0.4) is 0 Å². The summed E-state index contributed by atoms with van der Waals surface area (Å²) in [5.74, 6) is 2.05. The number of benzene rings is 1. The number of hydrogen-bond acceptors (Lipinski definition) is 4. The SMILES string of the molecule is COc1ccc(OC)c(C(=O)CC(C)(C)CC(C)CP)c1OC. The Hall–Kier alpha value is -1.28. The first kappa shape index (κ1) is 19.8. The first-order chi connectivity index (χ1) is 10.8. The molecule has 130 valence electrons. The van der Waals surface area contributed by atoms with E-state index in [1.807, 2.05) is 0 Å². The number of methoxy groups -OCH3 is 3. The van der Waals surface area contributed by atoms with Crippen LogP contribution in [-0.4, -0.2) is 33.3 Å². The van der Waals surface area contributed by atoms with Crippen molar-refractivity contribution in [1.29, 1.82) is 0 Å². The lowest BCUT2D eigenvalue weighted by atomic mass is 9.78. The van der Waals surface area contributed by atoms with Gasteiger partial charge < -0.3 is 14.2 Å². The Morgan fingerprint density at radius 1 is 1.13 bits per heavy atom. The van der Waals surface area contributed by atoms with Crippen molar-refractivity contribution in [3.05, 3.63) is 17.7 Å². The molecule has 2 atom stereocenters. The van der Waals surface area contributed by atoms with Gasteiger partial charge in [-0.2, -0.15) is 0 Å². The molecule has 23 heavy (non-hydrogen) atoms. The highest BCUT2D eigenvalue weighted by atomic mass is 31.0. The predicted octanol–water partition coefficient (Wildman–Crippen LogP) is 4.21. The van der Waals surface area contributed by atoms with Gasteiger partial charge in [0.15, 0.2) is 17.3 Å². The van der Waals surface area contributed by atoms with Crippen LogP contribution in [0.1, 0.15) is 44.0 Å². The Morgan fingerprint density at radius 3 is 2.17 bits per heavy atom. The molecule has 0 radical (unpaired) electrons. The molecule has 1 aromatic carbocycles. The van der Waals surface area contributed by atoms with E-state index in [-0.39, 0.29) is 11.2 Å². The number of rotatable bonds is 9. The monoisotopic (exact) mass is 340 g/mol. The second kappa shape index (κ2) is 8.54. The van der Waals surface area contributed by atoms with E-state index in [4.69, 9.17) is 14.2 Å². The van der Waals surface area contributed by atoms with E-state index in [1.165, 1.54) is 7.11 Å². The summed E-state index contributed by atoms with van der Waals surface area (Å²) in [7, 11) is 7.42. The molecule has 0 bridgehead atoms. The van der Waals surface area contributed by atoms with Crippen LogP contribution in [0.5, 0.6) is 17.2 Å². The van der Waals surface area contributed by atoms with Crippen molar-refractivity contribution in [2.45, 2.75) is 33.6 Å². The third-order valence-corrected chi connectivity index (χ3v) is 4.75. The molecule has 0 saturated carbocycles. The number of ketones is 1. The highest BCUT2D eigenvalue weighted by Crippen LogP contribution is 2.40. The molecule has 0 fully saturated rings. The third-order valence-electron chi connectivity index (χ3n) is 3.95. The smallest absolute Gasteiger partial charge is 0.175 e. The van der Waals surface area contributed by atoms with Gasteiger partial charge in [-0.05, 0) is 36.0 Å². The van der Waals surface area contributed by atoms with Gasteiger partial charge in [0.1, 0.15) is 11.3 Å². The van der Waals surface area contributed by atoms with Crippen molar-refractivity contribution in [2.24, 2.45) is 11.3 Å². The van der Waals surface area contributed by atoms with E-state index >= 15 is 0 Å². The van der Waals surface area contributed by atoms with Gasteiger partial charge in [-0.15, -0.1) is 9.24 Å². The molecular formula is C18H29O4P. The highest BCUT2D eigenvalue weighted by molar-refractivity contribution is 7.16. The Kier molecular flexibility index (Phi) is 7.34. The van der Waals surface area contributed by atoms with Crippen molar-refractivity contribution in [1.82, 2.24) is 0 Å². The van der Waals surface area contributed by atoms with Crippen LogP contribution < -0.4 is 14.2 Å². The van der Waals surface area contributed by atoms with E-state index in [2.05, 4.69) is 30.0 Å². The zero-order chi connectivity index (χ0) is 17.6. The normalized spacial score (nSPS) is 12.7. The van der Waals surface area contributed by atoms with Crippen LogP contribution in [0.25, 0.3) is 0 Å². The average molecular weight is 340 g/mol.